The average molecular weight is 320 g/mol. The number of ether oxygens (including phenoxy) is 2. The molecule has 4 heteroatoms. The van der Waals surface area contributed by atoms with Crippen molar-refractivity contribution in [1.82, 2.24) is 0 Å². The highest BCUT2D eigenvalue weighted by Gasteiger charge is 2.43. The van der Waals surface area contributed by atoms with E-state index in [2.05, 4.69) is 26.0 Å². The Bertz CT molecular complexity index is 560. The standard InChI is InChI=1S/C19H28O4/c1-13-7-6-8-16-9-10-17(11-18(13,16)4)19(5,23-15(3)21)12-22-14(2)20/h8,11,13H,6-7,9-10,12H2,1-5H3/t13-,18+,19-/m0/s1. The van der Waals surface area contributed by atoms with Crippen LogP contribution in [0.15, 0.2) is 23.3 Å². The monoisotopic (exact) mass is 320 g/mol. The third-order valence-electron chi connectivity index (χ3n) is 5.44. The topological polar surface area (TPSA) is 52.6 Å². The summed E-state index contributed by atoms with van der Waals surface area (Å²) in [6, 6.07) is 0. The summed E-state index contributed by atoms with van der Waals surface area (Å²) < 4.78 is 10.8. The Morgan fingerprint density at radius 1 is 1.30 bits per heavy atom. The van der Waals surface area contributed by atoms with Crippen LogP contribution in [0.5, 0.6) is 0 Å². The summed E-state index contributed by atoms with van der Waals surface area (Å²) in [5.41, 5.74) is 1.66. The van der Waals surface area contributed by atoms with Gasteiger partial charge in [-0.25, -0.2) is 0 Å². The van der Waals surface area contributed by atoms with E-state index in [0.717, 1.165) is 31.3 Å². The van der Waals surface area contributed by atoms with E-state index in [1.54, 1.807) is 0 Å². The van der Waals surface area contributed by atoms with Crippen LogP contribution in [0.2, 0.25) is 0 Å². The van der Waals surface area contributed by atoms with Crippen molar-refractivity contribution in [2.24, 2.45) is 11.3 Å². The van der Waals surface area contributed by atoms with Gasteiger partial charge in [-0.1, -0.05) is 31.6 Å². The first kappa shape index (κ1) is 17.8. The maximum Gasteiger partial charge on any atom is 0.303 e. The summed E-state index contributed by atoms with van der Waals surface area (Å²) in [6.45, 7) is 9.22. The average Bonchev–Trinajstić information content (AvgIpc) is 2.45. The molecule has 0 bridgehead atoms. The molecule has 0 fully saturated rings. The van der Waals surface area contributed by atoms with Crippen LogP contribution >= 0.6 is 0 Å². The van der Waals surface area contributed by atoms with E-state index >= 15 is 0 Å². The van der Waals surface area contributed by atoms with Gasteiger partial charge in [0.1, 0.15) is 6.61 Å². The van der Waals surface area contributed by atoms with E-state index in [9.17, 15) is 9.59 Å². The van der Waals surface area contributed by atoms with Crippen LogP contribution in [0.25, 0.3) is 0 Å². The second kappa shape index (κ2) is 6.50. The van der Waals surface area contributed by atoms with Crippen molar-refractivity contribution < 1.29 is 19.1 Å². The molecule has 0 N–H and O–H groups in total. The summed E-state index contributed by atoms with van der Waals surface area (Å²) in [6.07, 6.45) is 8.74. The molecule has 0 aromatic rings. The first-order valence-electron chi connectivity index (χ1n) is 8.42. The van der Waals surface area contributed by atoms with Gasteiger partial charge >= 0.3 is 11.9 Å². The number of carbonyl (C=O) groups is 2. The molecule has 2 rings (SSSR count). The van der Waals surface area contributed by atoms with Crippen molar-refractivity contribution >= 4 is 11.9 Å². The van der Waals surface area contributed by atoms with Crippen LogP contribution < -0.4 is 0 Å². The number of fused-ring (bicyclic) bond motifs is 1. The molecular formula is C19H28O4. The van der Waals surface area contributed by atoms with Gasteiger partial charge in [-0.15, -0.1) is 0 Å². The number of esters is 2. The van der Waals surface area contributed by atoms with E-state index in [4.69, 9.17) is 9.47 Å². The van der Waals surface area contributed by atoms with Crippen LogP contribution in [-0.4, -0.2) is 24.1 Å². The Hall–Kier alpha value is -1.58. The van der Waals surface area contributed by atoms with E-state index < -0.39 is 5.60 Å². The maximum absolute atomic E-state index is 11.6. The van der Waals surface area contributed by atoms with Crippen LogP contribution in [0.4, 0.5) is 0 Å². The minimum absolute atomic E-state index is 0.00344. The van der Waals surface area contributed by atoms with Gasteiger partial charge in [-0.3, -0.25) is 9.59 Å². The fourth-order valence-electron chi connectivity index (χ4n) is 3.81. The molecule has 128 valence electrons. The maximum atomic E-state index is 11.6. The fraction of sp³-hybridized carbons (Fsp3) is 0.684. The van der Waals surface area contributed by atoms with Crippen LogP contribution in [0, 0.1) is 11.3 Å². The Morgan fingerprint density at radius 2 is 2.00 bits per heavy atom. The van der Waals surface area contributed by atoms with Crippen molar-refractivity contribution in [2.75, 3.05) is 6.61 Å². The lowest BCUT2D eigenvalue weighted by Gasteiger charge is -2.45. The molecule has 0 saturated heterocycles. The van der Waals surface area contributed by atoms with Gasteiger partial charge in [-0.05, 0) is 44.1 Å². The molecule has 0 unspecified atom stereocenters. The number of rotatable bonds is 4. The number of hydrogen-bond acceptors (Lipinski definition) is 4. The van der Waals surface area contributed by atoms with Crippen molar-refractivity contribution in [3.8, 4) is 0 Å². The number of hydrogen-bond donors (Lipinski definition) is 0. The smallest absolute Gasteiger partial charge is 0.303 e. The molecule has 0 spiro atoms. The number of carbonyl (C=O) groups excluding carboxylic acids is 2. The van der Waals surface area contributed by atoms with Crippen LogP contribution in [0.3, 0.4) is 0 Å². The molecular weight excluding hydrogens is 292 g/mol. The third-order valence-corrected chi connectivity index (χ3v) is 5.44. The summed E-state index contributed by atoms with van der Waals surface area (Å²) in [7, 11) is 0. The Kier molecular flexibility index (Phi) is 5.02. The summed E-state index contributed by atoms with van der Waals surface area (Å²) in [4.78, 5) is 22.8. The van der Waals surface area contributed by atoms with Crippen molar-refractivity contribution in [3.05, 3.63) is 23.3 Å². The van der Waals surface area contributed by atoms with E-state index in [0.29, 0.717) is 5.92 Å². The predicted molar refractivity (Wildman–Crippen MR) is 88.7 cm³/mol. The Morgan fingerprint density at radius 3 is 2.61 bits per heavy atom. The first-order chi connectivity index (χ1) is 10.7. The minimum Gasteiger partial charge on any atom is -0.461 e. The van der Waals surface area contributed by atoms with E-state index in [-0.39, 0.29) is 24.0 Å². The van der Waals surface area contributed by atoms with Gasteiger partial charge in [0.15, 0.2) is 5.60 Å². The first-order valence-corrected chi connectivity index (χ1v) is 8.42. The SMILES string of the molecule is CC(=O)OC[C@](C)(OC(C)=O)C1=C[C@@]2(C)C(=CCC[C@@H]2C)CC1. The van der Waals surface area contributed by atoms with Crippen LogP contribution in [-0.2, 0) is 19.1 Å². The summed E-state index contributed by atoms with van der Waals surface area (Å²) >= 11 is 0. The molecule has 4 nitrogen and oxygen atoms in total. The molecule has 0 heterocycles. The van der Waals surface area contributed by atoms with Gasteiger partial charge in [0.25, 0.3) is 0 Å². The quantitative estimate of drug-likeness (QED) is 0.581. The molecule has 2 aliphatic carbocycles. The molecule has 2 aliphatic rings. The van der Waals surface area contributed by atoms with Crippen molar-refractivity contribution in [2.45, 2.75) is 65.9 Å². The normalized spacial score (nSPS) is 29.5. The zero-order chi connectivity index (χ0) is 17.3. The lowest BCUT2D eigenvalue weighted by Crippen LogP contribution is -2.42. The molecule has 3 atom stereocenters. The molecule has 0 saturated carbocycles. The van der Waals surface area contributed by atoms with Gasteiger partial charge in [0, 0.05) is 19.3 Å². The third kappa shape index (κ3) is 3.67. The van der Waals surface area contributed by atoms with Gasteiger partial charge in [0.2, 0.25) is 0 Å². The zero-order valence-corrected chi connectivity index (χ0v) is 14.9. The van der Waals surface area contributed by atoms with Gasteiger partial charge in [-0.2, -0.15) is 0 Å². The molecule has 23 heavy (non-hydrogen) atoms. The lowest BCUT2D eigenvalue weighted by molar-refractivity contribution is -0.163. The highest BCUT2D eigenvalue weighted by molar-refractivity contribution is 5.68. The van der Waals surface area contributed by atoms with Crippen molar-refractivity contribution in [1.29, 1.82) is 0 Å². The molecule has 0 aromatic carbocycles. The molecule has 0 aliphatic heterocycles. The number of allylic oxidation sites excluding steroid dienone is 3. The summed E-state index contributed by atoms with van der Waals surface area (Å²) in [5.74, 6) is -0.172. The highest BCUT2D eigenvalue weighted by atomic mass is 16.6. The molecule has 0 amide bonds. The predicted octanol–water partition coefficient (Wildman–Crippen LogP) is 3.95. The highest BCUT2D eigenvalue weighted by Crippen LogP contribution is 2.50. The van der Waals surface area contributed by atoms with Gasteiger partial charge in [0.05, 0.1) is 0 Å². The van der Waals surface area contributed by atoms with E-state index in [1.165, 1.54) is 19.4 Å². The lowest BCUT2D eigenvalue weighted by atomic mass is 9.61. The second-order valence-electron chi connectivity index (χ2n) is 7.26. The summed E-state index contributed by atoms with van der Waals surface area (Å²) in [5, 5.41) is 0. The molecule has 0 radical (unpaired) electrons. The zero-order valence-electron chi connectivity index (χ0n) is 14.9. The fourth-order valence-corrected chi connectivity index (χ4v) is 3.81. The Labute approximate surface area is 138 Å². The van der Waals surface area contributed by atoms with Crippen LogP contribution in [0.1, 0.15) is 60.3 Å². The van der Waals surface area contributed by atoms with Gasteiger partial charge < -0.3 is 9.47 Å². The minimum atomic E-state index is -0.886. The van der Waals surface area contributed by atoms with E-state index in [1.807, 2.05) is 6.92 Å². The second-order valence-corrected chi connectivity index (χ2v) is 7.26. The van der Waals surface area contributed by atoms with Crippen molar-refractivity contribution in [3.63, 3.8) is 0 Å². The molecule has 0 aromatic heterocycles. The Balaban J connectivity index is 2.36. The largest absolute Gasteiger partial charge is 0.461 e.